The van der Waals surface area contributed by atoms with Crippen LogP contribution in [-0.4, -0.2) is 15.5 Å². The lowest BCUT2D eigenvalue weighted by Gasteiger charge is -2.21. The lowest BCUT2D eigenvalue weighted by atomic mass is 10.1. The normalized spacial score (nSPS) is 11.3. The maximum atomic E-state index is 4.70. The highest BCUT2D eigenvalue weighted by molar-refractivity contribution is 9.10. The molecule has 0 spiro atoms. The van der Waals surface area contributed by atoms with E-state index in [1.54, 1.807) is 0 Å². The lowest BCUT2D eigenvalue weighted by Crippen LogP contribution is -2.27. The van der Waals surface area contributed by atoms with Crippen LogP contribution in [0, 0.1) is 6.92 Å². The first-order valence-corrected chi connectivity index (χ1v) is 9.35. The van der Waals surface area contributed by atoms with Crippen LogP contribution in [0.4, 0.5) is 17.5 Å². The van der Waals surface area contributed by atoms with Crippen molar-refractivity contribution in [3.63, 3.8) is 0 Å². The van der Waals surface area contributed by atoms with Crippen molar-refractivity contribution >= 4 is 33.4 Å². The molecule has 2 N–H and O–H groups in total. The maximum absolute atomic E-state index is 4.70. The zero-order valence-corrected chi connectivity index (χ0v) is 17.1. The summed E-state index contributed by atoms with van der Waals surface area (Å²) in [6.45, 7) is 8.35. The van der Waals surface area contributed by atoms with E-state index in [1.807, 2.05) is 36.4 Å². The van der Waals surface area contributed by atoms with Crippen molar-refractivity contribution in [3.05, 3.63) is 64.6 Å². The van der Waals surface area contributed by atoms with E-state index in [9.17, 15) is 0 Å². The summed E-state index contributed by atoms with van der Waals surface area (Å²) in [6, 6.07) is 18.3. The van der Waals surface area contributed by atoms with E-state index in [0.29, 0.717) is 5.95 Å². The summed E-state index contributed by atoms with van der Waals surface area (Å²) < 4.78 is 1.06. The van der Waals surface area contributed by atoms with Gasteiger partial charge in [-0.05, 0) is 51.5 Å². The molecule has 5 heteroatoms. The predicted molar refractivity (Wildman–Crippen MR) is 113 cm³/mol. The SMILES string of the molecule is Cc1cc(Br)ccc1Nc1cc(-c2ccccc2)nc(NC(C)(C)C)n1. The first-order chi connectivity index (χ1) is 12.3. The van der Waals surface area contributed by atoms with Gasteiger partial charge in [0.1, 0.15) is 5.82 Å². The van der Waals surface area contributed by atoms with Crippen molar-refractivity contribution in [3.8, 4) is 11.3 Å². The quantitative estimate of drug-likeness (QED) is 0.539. The van der Waals surface area contributed by atoms with E-state index >= 15 is 0 Å². The van der Waals surface area contributed by atoms with Gasteiger partial charge in [0.15, 0.2) is 0 Å². The lowest BCUT2D eigenvalue weighted by molar-refractivity contribution is 0.626. The van der Waals surface area contributed by atoms with E-state index < -0.39 is 0 Å². The average molecular weight is 411 g/mol. The third-order valence-electron chi connectivity index (χ3n) is 3.73. The molecule has 0 radical (unpaired) electrons. The van der Waals surface area contributed by atoms with Crippen LogP contribution in [0.2, 0.25) is 0 Å². The first-order valence-electron chi connectivity index (χ1n) is 8.56. The Balaban J connectivity index is 2.01. The fourth-order valence-corrected chi connectivity index (χ4v) is 3.04. The minimum atomic E-state index is -0.125. The molecule has 1 aromatic heterocycles. The number of anilines is 3. The van der Waals surface area contributed by atoms with E-state index in [-0.39, 0.29) is 5.54 Å². The van der Waals surface area contributed by atoms with Gasteiger partial charge in [0.25, 0.3) is 0 Å². The molecule has 0 unspecified atom stereocenters. The van der Waals surface area contributed by atoms with Crippen molar-refractivity contribution in [1.82, 2.24) is 9.97 Å². The average Bonchev–Trinajstić information content (AvgIpc) is 2.56. The third-order valence-corrected chi connectivity index (χ3v) is 4.23. The topological polar surface area (TPSA) is 49.8 Å². The van der Waals surface area contributed by atoms with Crippen LogP contribution < -0.4 is 10.6 Å². The molecule has 1 heterocycles. The largest absolute Gasteiger partial charge is 0.350 e. The van der Waals surface area contributed by atoms with Crippen molar-refractivity contribution in [2.45, 2.75) is 33.2 Å². The Hall–Kier alpha value is -2.40. The highest BCUT2D eigenvalue weighted by atomic mass is 79.9. The number of halogens is 1. The predicted octanol–water partition coefficient (Wildman–Crippen LogP) is 6.17. The minimum absolute atomic E-state index is 0.125. The Morgan fingerprint density at radius 2 is 1.65 bits per heavy atom. The second-order valence-electron chi connectivity index (χ2n) is 7.29. The Morgan fingerprint density at radius 3 is 2.31 bits per heavy atom. The minimum Gasteiger partial charge on any atom is -0.350 e. The molecule has 0 saturated heterocycles. The smallest absolute Gasteiger partial charge is 0.225 e. The second-order valence-corrected chi connectivity index (χ2v) is 8.20. The Kier molecular flexibility index (Phi) is 5.28. The van der Waals surface area contributed by atoms with E-state index in [0.717, 1.165) is 32.8 Å². The van der Waals surface area contributed by atoms with Gasteiger partial charge in [-0.1, -0.05) is 46.3 Å². The van der Waals surface area contributed by atoms with Gasteiger partial charge in [-0.2, -0.15) is 4.98 Å². The van der Waals surface area contributed by atoms with Crippen molar-refractivity contribution in [2.75, 3.05) is 10.6 Å². The first kappa shape index (κ1) is 18.4. The molecule has 134 valence electrons. The summed E-state index contributed by atoms with van der Waals surface area (Å²) in [5, 5.41) is 6.80. The van der Waals surface area contributed by atoms with Crippen molar-refractivity contribution < 1.29 is 0 Å². The third kappa shape index (κ3) is 4.82. The fraction of sp³-hybridized carbons (Fsp3) is 0.238. The molecule has 3 rings (SSSR count). The van der Waals surface area contributed by atoms with E-state index in [2.05, 4.69) is 77.4 Å². The summed E-state index contributed by atoms with van der Waals surface area (Å²) in [4.78, 5) is 9.36. The summed E-state index contributed by atoms with van der Waals surface area (Å²) in [5.41, 5.74) is 3.98. The molecule has 0 aliphatic carbocycles. The van der Waals surface area contributed by atoms with Crippen LogP contribution in [-0.2, 0) is 0 Å². The molecule has 0 fully saturated rings. The summed E-state index contributed by atoms with van der Waals surface area (Å²) in [7, 11) is 0. The van der Waals surface area contributed by atoms with Gasteiger partial charge < -0.3 is 10.6 Å². The maximum Gasteiger partial charge on any atom is 0.225 e. The van der Waals surface area contributed by atoms with Crippen LogP contribution >= 0.6 is 15.9 Å². The van der Waals surface area contributed by atoms with Gasteiger partial charge in [-0.3, -0.25) is 0 Å². The standard InChI is InChI=1S/C21H23BrN4/c1-14-12-16(22)10-11-17(14)23-19-13-18(15-8-6-5-7-9-15)24-20(25-19)26-21(2,3)4/h5-13H,1-4H3,(H2,23,24,25,26). The number of nitrogens with zero attached hydrogens (tertiary/aromatic N) is 2. The molecule has 0 saturated carbocycles. The molecule has 2 aromatic carbocycles. The molecule has 0 amide bonds. The number of aromatic nitrogens is 2. The second kappa shape index (κ2) is 7.46. The van der Waals surface area contributed by atoms with Crippen LogP contribution in [0.1, 0.15) is 26.3 Å². The molecular weight excluding hydrogens is 388 g/mol. The molecular formula is C21H23BrN4. The number of hydrogen-bond acceptors (Lipinski definition) is 4. The van der Waals surface area contributed by atoms with Gasteiger partial charge in [-0.25, -0.2) is 4.98 Å². The molecule has 3 aromatic rings. The van der Waals surface area contributed by atoms with Gasteiger partial charge in [-0.15, -0.1) is 0 Å². The molecule has 0 bridgehead atoms. The zero-order valence-electron chi connectivity index (χ0n) is 15.5. The molecule has 26 heavy (non-hydrogen) atoms. The Morgan fingerprint density at radius 1 is 0.923 bits per heavy atom. The van der Waals surface area contributed by atoms with E-state index in [4.69, 9.17) is 4.98 Å². The number of hydrogen-bond donors (Lipinski definition) is 2. The van der Waals surface area contributed by atoms with E-state index in [1.165, 1.54) is 0 Å². The summed E-state index contributed by atoms with van der Waals surface area (Å²) in [5.74, 6) is 1.37. The summed E-state index contributed by atoms with van der Waals surface area (Å²) in [6.07, 6.45) is 0. The van der Waals surface area contributed by atoms with Crippen molar-refractivity contribution in [2.24, 2.45) is 0 Å². The molecule has 0 aliphatic heterocycles. The molecule has 0 atom stereocenters. The van der Waals surface area contributed by atoms with Crippen LogP contribution in [0.15, 0.2) is 59.1 Å². The van der Waals surface area contributed by atoms with Gasteiger partial charge >= 0.3 is 0 Å². The highest BCUT2D eigenvalue weighted by Crippen LogP contribution is 2.27. The fourth-order valence-electron chi connectivity index (χ4n) is 2.56. The monoisotopic (exact) mass is 410 g/mol. The highest BCUT2D eigenvalue weighted by Gasteiger charge is 2.14. The number of aryl methyl sites for hydroxylation is 1. The van der Waals surface area contributed by atoms with Crippen molar-refractivity contribution in [1.29, 1.82) is 0 Å². The Labute approximate surface area is 163 Å². The van der Waals surface area contributed by atoms with Gasteiger partial charge in [0, 0.05) is 27.3 Å². The van der Waals surface area contributed by atoms with Gasteiger partial charge in [0.05, 0.1) is 5.69 Å². The van der Waals surface area contributed by atoms with Gasteiger partial charge in [0.2, 0.25) is 5.95 Å². The zero-order chi connectivity index (χ0) is 18.7. The molecule has 0 aliphatic rings. The van der Waals surface area contributed by atoms with Crippen LogP contribution in [0.5, 0.6) is 0 Å². The summed E-state index contributed by atoms with van der Waals surface area (Å²) >= 11 is 3.51. The molecule has 4 nitrogen and oxygen atoms in total. The van der Waals surface area contributed by atoms with Crippen LogP contribution in [0.25, 0.3) is 11.3 Å². The number of nitrogens with one attached hydrogen (secondary N) is 2. The number of benzene rings is 2. The Bertz CT molecular complexity index is 902. The van der Waals surface area contributed by atoms with Crippen LogP contribution in [0.3, 0.4) is 0 Å². The number of rotatable bonds is 4.